The van der Waals surface area contributed by atoms with Gasteiger partial charge in [0.15, 0.2) is 5.82 Å². The summed E-state index contributed by atoms with van der Waals surface area (Å²) in [6, 6.07) is 26.0. The number of nitrogens with zero attached hydrogens (tertiary/aromatic N) is 3. The van der Waals surface area contributed by atoms with Gasteiger partial charge in [0.25, 0.3) is 0 Å². The first-order chi connectivity index (χ1) is 24.0. The van der Waals surface area contributed by atoms with E-state index in [1.807, 2.05) is 90.1 Å². The van der Waals surface area contributed by atoms with Crippen LogP contribution in [0.15, 0.2) is 110 Å². The molecule has 256 valence electrons. The molecule has 5 nitrogen and oxygen atoms in total. The summed E-state index contributed by atoms with van der Waals surface area (Å²) in [6.45, 7) is 14.3. The van der Waals surface area contributed by atoms with Crippen molar-refractivity contribution in [1.82, 2.24) is 15.0 Å². The molecular weight excluding hydrogens is 643 g/mol. The lowest BCUT2D eigenvalue weighted by atomic mass is 9.99. The third-order valence-corrected chi connectivity index (χ3v) is 17.4. The predicted molar refractivity (Wildman–Crippen MR) is 203 cm³/mol. The summed E-state index contributed by atoms with van der Waals surface area (Å²) in [4.78, 5) is 29.0. The van der Waals surface area contributed by atoms with Crippen LogP contribution in [0, 0.1) is 11.6 Å². The Kier molecular flexibility index (Phi) is 10.1. The fraction of sp³-hybridized carbons (Fsp3) is 0.262. The van der Waals surface area contributed by atoms with Gasteiger partial charge in [0, 0.05) is 60.0 Å². The summed E-state index contributed by atoms with van der Waals surface area (Å²) in [5.74, 6) is -2.49. The molecule has 8 heteroatoms. The third kappa shape index (κ3) is 6.28. The van der Waals surface area contributed by atoms with E-state index in [2.05, 4.69) is 51.5 Å². The minimum Gasteiger partial charge on any atom is -0.360 e. The SMILES string of the molecule is CC(C)[Si](c1c(-c2cccnc2)cnc2[nH]cc(C(=O)c3c(F)ccc(N(Cc4ccccc4)Cc4ccccc4)c3F)c12)(C(C)C)C(C)C. The highest BCUT2D eigenvalue weighted by atomic mass is 28.3. The second-order valence-corrected chi connectivity index (χ2v) is 19.9. The van der Waals surface area contributed by atoms with Gasteiger partial charge < -0.3 is 9.88 Å². The van der Waals surface area contributed by atoms with Crippen LogP contribution in [0.25, 0.3) is 22.2 Å². The summed E-state index contributed by atoms with van der Waals surface area (Å²) in [6.07, 6.45) is 6.99. The van der Waals surface area contributed by atoms with Crippen LogP contribution < -0.4 is 10.1 Å². The van der Waals surface area contributed by atoms with Gasteiger partial charge in [-0.2, -0.15) is 0 Å². The van der Waals surface area contributed by atoms with Crippen molar-refractivity contribution in [2.24, 2.45) is 0 Å². The molecule has 1 N–H and O–H groups in total. The standard InChI is InChI=1S/C42H44F2N4OSi/c1-27(2)50(28(3)4,29(5)6)41-33(32-18-13-21-45-22-32)23-46-42-37(41)34(24-47-42)40(49)38-35(43)19-20-36(39(38)44)48(25-30-14-9-7-10-15-30)26-31-16-11-8-12-17-31/h7-24,27-29H,25-26H2,1-6H3,(H,46,47). The summed E-state index contributed by atoms with van der Waals surface area (Å²) >= 11 is 0. The lowest BCUT2D eigenvalue weighted by molar-refractivity contribution is 0.103. The largest absolute Gasteiger partial charge is 0.360 e. The van der Waals surface area contributed by atoms with Crippen molar-refractivity contribution in [2.75, 3.05) is 4.90 Å². The number of carbonyl (C=O) groups is 1. The highest BCUT2D eigenvalue weighted by molar-refractivity contribution is 6.97. The number of carbonyl (C=O) groups excluding carboxylic acids is 1. The van der Waals surface area contributed by atoms with E-state index in [-0.39, 0.29) is 27.9 Å². The molecule has 0 aliphatic heterocycles. The number of benzene rings is 3. The molecule has 3 aromatic heterocycles. The van der Waals surface area contributed by atoms with Gasteiger partial charge in [0.2, 0.25) is 5.78 Å². The van der Waals surface area contributed by atoms with Crippen LogP contribution in [0.3, 0.4) is 0 Å². The van der Waals surface area contributed by atoms with E-state index < -0.39 is 31.1 Å². The smallest absolute Gasteiger partial charge is 0.201 e. The first-order valence-corrected chi connectivity index (χ1v) is 19.5. The number of anilines is 1. The zero-order chi connectivity index (χ0) is 35.6. The molecule has 6 rings (SSSR count). The van der Waals surface area contributed by atoms with Crippen LogP contribution in [0.5, 0.6) is 0 Å². The Hall–Kier alpha value is -4.95. The van der Waals surface area contributed by atoms with E-state index in [9.17, 15) is 4.79 Å². The number of pyridine rings is 2. The monoisotopic (exact) mass is 686 g/mol. The Morgan fingerprint density at radius 3 is 1.92 bits per heavy atom. The molecule has 0 radical (unpaired) electrons. The first kappa shape index (κ1) is 34.9. The first-order valence-electron chi connectivity index (χ1n) is 17.3. The molecule has 0 bridgehead atoms. The summed E-state index contributed by atoms with van der Waals surface area (Å²) < 4.78 is 32.9. The van der Waals surface area contributed by atoms with Crippen molar-refractivity contribution >= 4 is 35.8 Å². The number of fused-ring (bicyclic) bond motifs is 1. The molecule has 0 fully saturated rings. The van der Waals surface area contributed by atoms with E-state index >= 15 is 8.78 Å². The van der Waals surface area contributed by atoms with Crippen LogP contribution in [0.1, 0.15) is 68.6 Å². The number of hydrogen-bond donors (Lipinski definition) is 1. The molecule has 50 heavy (non-hydrogen) atoms. The maximum absolute atomic E-state index is 17.0. The number of nitrogens with one attached hydrogen (secondary N) is 1. The Labute approximate surface area is 294 Å². The van der Waals surface area contributed by atoms with Gasteiger partial charge in [-0.3, -0.25) is 9.78 Å². The number of hydrogen-bond acceptors (Lipinski definition) is 4. The Morgan fingerprint density at radius 2 is 1.38 bits per heavy atom. The number of H-pyrrole nitrogens is 1. The summed E-state index contributed by atoms with van der Waals surface area (Å²) in [7, 11) is -2.52. The molecule has 6 aromatic rings. The highest BCUT2D eigenvalue weighted by Gasteiger charge is 2.48. The molecule has 3 aromatic carbocycles. The molecule has 0 aliphatic rings. The minimum absolute atomic E-state index is 0.159. The fourth-order valence-electron chi connectivity index (χ4n) is 8.29. The topological polar surface area (TPSA) is 61.9 Å². The van der Waals surface area contributed by atoms with Crippen molar-refractivity contribution < 1.29 is 13.6 Å². The lowest BCUT2D eigenvalue weighted by Gasteiger charge is -2.45. The lowest BCUT2D eigenvalue weighted by Crippen LogP contribution is -2.56. The normalized spacial score (nSPS) is 12.0. The molecule has 0 saturated carbocycles. The average Bonchev–Trinajstić information content (AvgIpc) is 3.54. The van der Waals surface area contributed by atoms with Crippen LogP contribution >= 0.6 is 0 Å². The van der Waals surface area contributed by atoms with Gasteiger partial charge >= 0.3 is 0 Å². The molecule has 0 unspecified atom stereocenters. The molecule has 0 amide bonds. The summed E-state index contributed by atoms with van der Waals surface area (Å²) in [5, 5.41) is 1.72. The summed E-state index contributed by atoms with van der Waals surface area (Å²) in [5.41, 5.74) is 4.92. The van der Waals surface area contributed by atoms with Crippen LogP contribution in [-0.4, -0.2) is 28.8 Å². The minimum atomic E-state index is -2.52. The van der Waals surface area contributed by atoms with Gasteiger partial charge in [-0.05, 0) is 51.1 Å². The predicted octanol–water partition coefficient (Wildman–Crippen LogP) is 10.2. The Morgan fingerprint density at radius 1 is 0.780 bits per heavy atom. The van der Waals surface area contributed by atoms with Crippen molar-refractivity contribution in [3.8, 4) is 11.1 Å². The van der Waals surface area contributed by atoms with E-state index in [1.54, 1.807) is 12.4 Å². The molecule has 3 heterocycles. The highest BCUT2D eigenvalue weighted by Crippen LogP contribution is 2.45. The van der Waals surface area contributed by atoms with Crippen LogP contribution in [-0.2, 0) is 13.1 Å². The van der Waals surface area contributed by atoms with Gasteiger partial charge in [-0.25, -0.2) is 13.8 Å². The van der Waals surface area contributed by atoms with Crippen LogP contribution in [0.2, 0.25) is 16.6 Å². The quantitative estimate of drug-likeness (QED) is 0.103. The maximum Gasteiger partial charge on any atom is 0.201 e. The number of aromatic amines is 1. The van der Waals surface area contributed by atoms with Crippen molar-refractivity contribution in [3.05, 3.63) is 144 Å². The van der Waals surface area contributed by atoms with Crippen molar-refractivity contribution in [2.45, 2.75) is 71.3 Å². The zero-order valence-corrected chi connectivity index (χ0v) is 30.5. The number of ketones is 1. The van der Waals surface area contributed by atoms with E-state index in [0.717, 1.165) is 27.4 Å². The van der Waals surface area contributed by atoms with Crippen molar-refractivity contribution in [3.63, 3.8) is 0 Å². The van der Waals surface area contributed by atoms with Crippen molar-refractivity contribution in [1.29, 1.82) is 0 Å². The van der Waals surface area contributed by atoms with Crippen LogP contribution in [0.4, 0.5) is 14.5 Å². The van der Waals surface area contributed by atoms with Gasteiger partial charge in [-0.1, -0.05) is 108 Å². The number of halogens is 2. The van der Waals surface area contributed by atoms with Gasteiger partial charge in [-0.15, -0.1) is 0 Å². The molecular formula is C42H44F2N4OSi. The Bertz CT molecular complexity index is 2030. The van der Waals surface area contributed by atoms with E-state index in [0.29, 0.717) is 24.1 Å². The van der Waals surface area contributed by atoms with Gasteiger partial charge in [0.05, 0.1) is 19.3 Å². The zero-order valence-electron chi connectivity index (χ0n) is 29.5. The number of rotatable bonds is 12. The molecule has 0 aliphatic carbocycles. The molecule has 0 saturated heterocycles. The number of aromatic nitrogens is 3. The fourth-order valence-corrected chi connectivity index (χ4v) is 15.4. The third-order valence-electron chi connectivity index (χ3n) is 10.3. The Balaban J connectivity index is 1.58. The maximum atomic E-state index is 17.0. The van der Waals surface area contributed by atoms with E-state index in [4.69, 9.17) is 4.98 Å². The average molecular weight is 687 g/mol. The van der Waals surface area contributed by atoms with Gasteiger partial charge in [0.1, 0.15) is 11.5 Å². The second-order valence-electron chi connectivity index (χ2n) is 14.0. The second kappa shape index (κ2) is 14.5. The molecule has 0 spiro atoms. The van der Waals surface area contributed by atoms with E-state index in [1.165, 1.54) is 12.1 Å². The molecule has 0 atom stereocenters.